The molecular formula is C37H28N8. The molecule has 0 aliphatic rings. The van der Waals surface area contributed by atoms with E-state index >= 15 is 0 Å². The first kappa shape index (κ1) is 25.6. The van der Waals surface area contributed by atoms with E-state index in [1.807, 2.05) is 38.1 Å². The Balaban J connectivity index is 1.45. The van der Waals surface area contributed by atoms with Crippen molar-refractivity contribution in [3.05, 3.63) is 120 Å². The molecule has 0 atom stereocenters. The number of para-hydroxylation sites is 6. The Morgan fingerprint density at radius 1 is 0.444 bits per heavy atom. The highest BCUT2D eigenvalue weighted by molar-refractivity contribution is 6.09. The smallest absolute Gasteiger partial charge is 0.242 e. The van der Waals surface area contributed by atoms with Crippen LogP contribution >= 0.6 is 0 Å². The average molecular weight is 585 g/mol. The molecule has 0 aliphatic carbocycles. The molecule has 8 nitrogen and oxygen atoms in total. The molecule has 9 aromatic rings. The highest BCUT2D eigenvalue weighted by atomic mass is 15.3. The van der Waals surface area contributed by atoms with E-state index in [1.165, 1.54) is 0 Å². The van der Waals surface area contributed by atoms with Crippen molar-refractivity contribution in [3.8, 4) is 23.3 Å². The van der Waals surface area contributed by atoms with E-state index in [-0.39, 0.29) is 0 Å². The molecular weight excluding hydrogens is 556 g/mol. The SMILES string of the molecule is Cc1nc(C)c(C)c(-c2nc(-n3c4ccccc4c4ccccc43)nc(-n3c4ccccc4n4c5ccccc5nc34)n2)c1C. The maximum absolute atomic E-state index is 5.25. The third-order valence-corrected chi connectivity index (χ3v) is 9.09. The van der Waals surface area contributed by atoms with Crippen LogP contribution in [0.15, 0.2) is 97.1 Å². The molecule has 0 aliphatic heterocycles. The van der Waals surface area contributed by atoms with Crippen molar-refractivity contribution in [2.75, 3.05) is 0 Å². The van der Waals surface area contributed by atoms with Gasteiger partial charge in [-0.15, -0.1) is 0 Å². The van der Waals surface area contributed by atoms with E-state index in [9.17, 15) is 0 Å². The van der Waals surface area contributed by atoms with E-state index in [1.54, 1.807) is 0 Å². The number of fused-ring (bicyclic) bond motifs is 8. The second-order valence-electron chi connectivity index (χ2n) is 11.6. The maximum Gasteiger partial charge on any atom is 0.242 e. The molecule has 0 fully saturated rings. The van der Waals surface area contributed by atoms with Gasteiger partial charge in [0.15, 0.2) is 5.82 Å². The van der Waals surface area contributed by atoms with Crippen LogP contribution in [0.4, 0.5) is 0 Å². The number of hydrogen-bond donors (Lipinski definition) is 0. The van der Waals surface area contributed by atoms with Gasteiger partial charge < -0.3 is 0 Å². The van der Waals surface area contributed by atoms with Gasteiger partial charge in [0.1, 0.15) is 0 Å². The van der Waals surface area contributed by atoms with Gasteiger partial charge in [-0.3, -0.25) is 14.0 Å². The lowest BCUT2D eigenvalue weighted by atomic mass is 10.00. The zero-order valence-electron chi connectivity index (χ0n) is 25.3. The van der Waals surface area contributed by atoms with Crippen LogP contribution in [0.25, 0.3) is 72.9 Å². The van der Waals surface area contributed by atoms with Crippen molar-refractivity contribution in [2.24, 2.45) is 0 Å². The Labute approximate surface area is 258 Å². The Morgan fingerprint density at radius 3 is 1.60 bits per heavy atom. The summed E-state index contributed by atoms with van der Waals surface area (Å²) in [5.74, 6) is 2.40. The maximum atomic E-state index is 5.25. The quantitative estimate of drug-likeness (QED) is 0.210. The minimum atomic E-state index is 0.504. The first-order chi connectivity index (χ1) is 22.0. The largest absolute Gasteiger partial charge is 0.278 e. The number of aryl methyl sites for hydroxylation is 2. The molecule has 216 valence electrons. The molecule has 45 heavy (non-hydrogen) atoms. The minimum absolute atomic E-state index is 0.504. The lowest BCUT2D eigenvalue weighted by molar-refractivity contribution is 0.881. The van der Waals surface area contributed by atoms with Crippen LogP contribution in [-0.2, 0) is 0 Å². The number of imidazole rings is 2. The van der Waals surface area contributed by atoms with Crippen molar-refractivity contribution in [3.63, 3.8) is 0 Å². The van der Waals surface area contributed by atoms with Crippen LogP contribution in [0.1, 0.15) is 22.5 Å². The fourth-order valence-corrected chi connectivity index (χ4v) is 6.75. The molecule has 5 aromatic heterocycles. The van der Waals surface area contributed by atoms with Gasteiger partial charge in [0, 0.05) is 27.7 Å². The second kappa shape index (κ2) is 9.30. The predicted octanol–water partition coefficient (Wildman–Crippen LogP) is 8.01. The van der Waals surface area contributed by atoms with Gasteiger partial charge in [-0.05, 0) is 75.2 Å². The van der Waals surface area contributed by atoms with E-state index in [2.05, 4.69) is 100 Å². The number of rotatable bonds is 3. The third kappa shape index (κ3) is 3.56. The van der Waals surface area contributed by atoms with Gasteiger partial charge in [0.2, 0.25) is 17.7 Å². The molecule has 0 saturated carbocycles. The summed E-state index contributed by atoms with van der Waals surface area (Å²) in [5.41, 5.74) is 11.0. The summed E-state index contributed by atoms with van der Waals surface area (Å²) >= 11 is 0. The summed E-state index contributed by atoms with van der Waals surface area (Å²) in [6.45, 7) is 8.28. The predicted molar refractivity (Wildman–Crippen MR) is 179 cm³/mol. The first-order valence-corrected chi connectivity index (χ1v) is 15.1. The number of aromatic nitrogens is 8. The summed E-state index contributed by atoms with van der Waals surface area (Å²) in [6.07, 6.45) is 0. The van der Waals surface area contributed by atoms with Crippen molar-refractivity contribution in [1.29, 1.82) is 0 Å². The highest BCUT2D eigenvalue weighted by Gasteiger charge is 2.24. The van der Waals surface area contributed by atoms with E-state index in [4.69, 9.17) is 24.9 Å². The standard InChI is InChI=1S/C37H28N8/c1-21-23(3)38-24(4)22(2)33(21)34-40-35(43-28-16-8-5-13-25(28)26-14-6-9-17-29(26)43)42-36(41-34)45-32-20-12-11-19-31(32)44-30-18-10-7-15-27(30)39-37(44)45/h5-20H,1-4H3. The molecule has 0 radical (unpaired) electrons. The number of benzene rings is 4. The lowest BCUT2D eigenvalue weighted by Gasteiger charge is -2.16. The molecule has 5 heterocycles. The Bertz CT molecular complexity index is 2570. The monoisotopic (exact) mass is 584 g/mol. The number of nitrogens with zero attached hydrogens (tertiary/aromatic N) is 8. The molecule has 0 unspecified atom stereocenters. The van der Waals surface area contributed by atoms with Crippen LogP contribution in [0.5, 0.6) is 0 Å². The Morgan fingerprint density at radius 2 is 0.956 bits per heavy atom. The van der Waals surface area contributed by atoms with E-state index < -0.39 is 0 Å². The van der Waals surface area contributed by atoms with Crippen molar-refractivity contribution >= 4 is 49.7 Å². The molecule has 0 bridgehead atoms. The van der Waals surface area contributed by atoms with Gasteiger partial charge >= 0.3 is 0 Å². The molecule has 0 saturated heterocycles. The van der Waals surface area contributed by atoms with E-state index in [0.717, 1.165) is 77.7 Å². The second-order valence-corrected chi connectivity index (χ2v) is 11.6. The molecule has 0 amide bonds. The van der Waals surface area contributed by atoms with Gasteiger partial charge in [-0.1, -0.05) is 60.7 Å². The number of hydrogen-bond acceptors (Lipinski definition) is 5. The Hall–Kier alpha value is -5.89. The van der Waals surface area contributed by atoms with Gasteiger partial charge in [-0.2, -0.15) is 15.0 Å². The minimum Gasteiger partial charge on any atom is -0.278 e. The zero-order valence-corrected chi connectivity index (χ0v) is 25.3. The van der Waals surface area contributed by atoms with Crippen molar-refractivity contribution in [2.45, 2.75) is 27.7 Å². The van der Waals surface area contributed by atoms with Crippen LogP contribution < -0.4 is 0 Å². The fourth-order valence-electron chi connectivity index (χ4n) is 6.75. The van der Waals surface area contributed by atoms with Crippen molar-refractivity contribution in [1.82, 2.24) is 38.5 Å². The highest BCUT2D eigenvalue weighted by Crippen LogP contribution is 2.34. The van der Waals surface area contributed by atoms with Gasteiger partial charge in [0.05, 0.1) is 33.1 Å². The molecule has 9 rings (SSSR count). The van der Waals surface area contributed by atoms with Crippen molar-refractivity contribution < 1.29 is 0 Å². The lowest BCUT2D eigenvalue weighted by Crippen LogP contribution is -2.12. The van der Waals surface area contributed by atoms with Gasteiger partial charge in [-0.25, -0.2) is 9.55 Å². The summed E-state index contributed by atoms with van der Waals surface area (Å²) in [4.78, 5) is 25.6. The molecule has 0 N–H and O–H groups in total. The first-order valence-electron chi connectivity index (χ1n) is 15.1. The molecule has 8 heteroatoms. The zero-order chi connectivity index (χ0) is 30.4. The van der Waals surface area contributed by atoms with Crippen LogP contribution in [-0.4, -0.2) is 38.5 Å². The fraction of sp³-hybridized carbons (Fsp3) is 0.108. The summed E-state index contributed by atoms with van der Waals surface area (Å²) < 4.78 is 6.39. The van der Waals surface area contributed by atoms with E-state index in [0.29, 0.717) is 17.7 Å². The summed E-state index contributed by atoms with van der Waals surface area (Å²) in [6, 6.07) is 33.3. The number of pyridine rings is 1. The topological polar surface area (TPSA) is 78.7 Å². The average Bonchev–Trinajstić information content (AvgIpc) is 3.71. The Kier molecular flexibility index (Phi) is 5.29. The van der Waals surface area contributed by atoms with Crippen LogP contribution in [0, 0.1) is 27.7 Å². The van der Waals surface area contributed by atoms with Gasteiger partial charge in [0.25, 0.3) is 0 Å². The molecule has 4 aromatic carbocycles. The summed E-state index contributed by atoms with van der Waals surface area (Å²) in [7, 11) is 0. The van der Waals surface area contributed by atoms with Crippen LogP contribution in [0.3, 0.4) is 0 Å². The van der Waals surface area contributed by atoms with Crippen LogP contribution in [0.2, 0.25) is 0 Å². The summed E-state index contributed by atoms with van der Waals surface area (Å²) in [5, 5.41) is 2.29. The third-order valence-electron chi connectivity index (χ3n) is 9.09. The normalized spacial score (nSPS) is 12.0. The molecule has 0 spiro atoms.